The summed E-state index contributed by atoms with van der Waals surface area (Å²) in [5.41, 5.74) is 0.150. The van der Waals surface area contributed by atoms with Gasteiger partial charge in [0, 0.05) is 17.8 Å². The third-order valence-electron chi connectivity index (χ3n) is 3.72. The molecule has 7 heteroatoms. The van der Waals surface area contributed by atoms with Crippen LogP contribution in [0.5, 0.6) is 0 Å². The average Bonchev–Trinajstić information content (AvgIpc) is 2.45. The predicted octanol–water partition coefficient (Wildman–Crippen LogP) is 3.55. The zero-order chi connectivity index (χ0) is 16.9. The fourth-order valence-corrected chi connectivity index (χ4v) is 2.27. The van der Waals surface area contributed by atoms with Gasteiger partial charge < -0.3 is 5.32 Å². The molecule has 0 saturated carbocycles. The largest absolute Gasteiger partial charge is 0.325 e. The van der Waals surface area contributed by atoms with E-state index in [0.717, 1.165) is 6.54 Å². The first-order valence-electron chi connectivity index (χ1n) is 7.24. The molecule has 22 heavy (non-hydrogen) atoms. The molecule has 0 heterocycles. The Kier molecular flexibility index (Phi) is 6.77. The van der Waals surface area contributed by atoms with E-state index in [4.69, 9.17) is 11.6 Å². The lowest BCUT2D eigenvalue weighted by atomic mass is 10.0. The minimum absolute atomic E-state index is 0.0478. The number of halogens is 1. The SMILES string of the molecule is CCN(CC(=O)Nc1ccc(Cl)c([N+](=O)[O-])c1)C(C)C(C)C. The molecular formula is C15H22ClN3O3. The maximum atomic E-state index is 12.1. The molecule has 0 bridgehead atoms. The van der Waals surface area contributed by atoms with Gasteiger partial charge in [0.05, 0.1) is 11.5 Å². The van der Waals surface area contributed by atoms with Crippen molar-refractivity contribution >= 4 is 28.9 Å². The van der Waals surface area contributed by atoms with Crippen molar-refractivity contribution in [2.45, 2.75) is 33.7 Å². The van der Waals surface area contributed by atoms with Gasteiger partial charge in [-0.05, 0) is 31.5 Å². The third-order valence-corrected chi connectivity index (χ3v) is 4.04. The van der Waals surface area contributed by atoms with Crippen LogP contribution in [0.25, 0.3) is 0 Å². The molecule has 0 radical (unpaired) electrons. The van der Waals surface area contributed by atoms with Crippen molar-refractivity contribution in [2.24, 2.45) is 5.92 Å². The van der Waals surface area contributed by atoms with E-state index in [1.54, 1.807) is 6.07 Å². The van der Waals surface area contributed by atoms with Crippen LogP contribution < -0.4 is 5.32 Å². The van der Waals surface area contributed by atoms with Crippen LogP contribution in [-0.2, 0) is 4.79 Å². The Morgan fingerprint density at radius 2 is 2.05 bits per heavy atom. The quantitative estimate of drug-likeness (QED) is 0.613. The molecule has 0 saturated heterocycles. The number of amides is 1. The highest BCUT2D eigenvalue weighted by molar-refractivity contribution is 6.32. The predicted molar refractivity (Wildman–Crippen MR) is 88.3 cm³/mol. The lowest BCUT2D eigenvalue weighted by Gasteiger charge is -2.30. The molecule has 1 N–H and O–H groups in total. The van der Waals surface area contributed by atoms with E-state index in [9.17, 15) is 14.9 Å². The minimum Gasteiger partial charge on any atom is -0.325 e. The highest BCUT2D eigenvalue weighted by atomic mass is 35.5. The van der Waals surface area contributed by atoms with Crippen LogP contribution in [0.15, 0.2) is 18.2 Å². The van der Waals surface area contributed by atoms with E-state index < -0.39 is 4.92 Å². The molecule has 0 fully saturated rings. The number of anilines is 1. The van der Waals surface area contributed by atoms with Crippen LogP contribution in [0.2, 0.25) is 5.02 Å². The van der Waals surface area contributed by atoms with Crippen molar-refractivity contribution in [1.82, 2.24) is 4.90 Å². The second-order valence-corrected chi connectivity index (χ2v) is 5.93. The first-order chi connectivity index (χ1) is 10.3. The van der Waals surface area contributed by atoms with E-state index in [-0.39, 0.29) is 29.2 Å². The molecular weight excluding hydrogens is 306 g/mol. The van der Waals surface area contributed by atoms with Crippen molar-refractivity contribution in [3.8, 4) is 0 Å². The highest BCUT2D eigenvalue weighted by Crippen LogP contribution is 2.27. The van der Waals surface area contributed by atoms with Crippen molar-refractivity contribution in [1.29, 1.82) is 0 Å². The minimum atomic E-state index is -0.572. The van der Waals surface area contributed by atoms with E-state index in [2.05, 4.69) is 31.0 Å². The van der Waals surface area contributed by atoms with E-state index in [0.29, 0.717) is 11.6 Å². The summed E-state index contributed by atoms with van der Waals surface area (Å²) in [5, 5.41) is 13.6. The lowest BCUT2D eigenvalue weighted by molar-refractivity contribution is -0.384. The number of likely N-dealkylation sites (N-methyl/N-ethyl adjacent to an activating group) is 1. The Labute approximate surface area is 135 Å². The van der Waals surface area contributed by atoms with Gasteiger partial charge in [-0.3, -0.25) is 19.8 Å². The summed E-state index contributed by atoms with van der Waals surface area (Å²) in [7, 11) is 0. The first-order valence-corrected chi connectivity index (χ1v) is 7.61. The standard InChI is InChI=1S/C15H22ClN3O3/c1-5-18(11(4)10(2)3)9-15(20)17-12-6-7-13(16)14(8-12)19(21)22/h6-8,10-11H,5,9H2,1-4H3,(H,17,20). The molecule has 0 aliphatic heterocycles. The van der Waals surface area contributed by atoms with Gasteiger partial charge in [-0.1, -0.05) is 32.4 Å². The van der Waals surface area contributed by atoms with E-state index in [1.807, 2.05) is 6.92 Å². The van der Waals surface area contributed by atoms with Gasteiger partial charge in [0.1, 0.15) is 5.02 Å². The third kappa shape index (κ3) is 4.96. The maximum absolute atomic E-state index is 12.1. The monoisotopic (exact) mass is 327 g/mol. The number of benzene rings is 1. The van der Waals surface area contributed by atoms with Gasteiger partial charge in [0.25, 0.3) is 5.69 Å². The molecule has 1 aromatic rings. The molecule has 0 spiro atoms. The van der Waals surface area contributed by atoms with Gasteiger partial charge in [0.15, 0.2) is 0 Å². The highest BCUT2D eigenvalue weighted by Gasteiger charge is 2.19. The second kappa shape index (κ2) is 8.10. The molecule has 0 aromatic heterocycles. The summed E-state index contributed by atoms with van der Waals surface area (Å²) in [6.07, 6.45) is 0. The lowest BCUT2D eigenvalue weighted by Crippen LogP contribution is -2.41. The number of carbonyl (C=O) groups excluding carboxylic acids is 1. The molecule has 1 aromatic carbocycles. The van der Waals surface area contributed by atoms with E-state index in [1.165, 1.54) is 12.1 Å². The first kappa shape index (κ1) is 18.4. The number of nitro benzene ring substituents is 1. The summed E-state index contributed by atoms with van der Waals surface area (Å²) in [5.74, 6) is 0.232. The summed E-state index contributed by atoms with van der Waals surface area (Å²) >= 11 is 5.75. The number of hydrogen-bond acceptors (Lipinski definition) is 4. The zero-order valence-corrected chi connectivity index (χ0v) is 14.1. The number of nitrogens with zero attached hydrogens (tertiary/aromatic N) is 2. The van der Waals surface area contributed by atoms with Crippen molar-refractivity contribution < 1.29 is 9.72 Å². The molecule has 1 unspecified atom stereocenters. The Morgan fingerprint density at radius 3 is 2.55 bits per heavy atom. The van der Waals surface area contributed by atoms with Gasteiger partial charge >= 0.3 is 0 Å². The molecule has 0 aliphatic rings. The average molecular weight is 328 g/mol. The number of hydrogen-bond donors (Lipinski definition) is 1. The Hall–Kier alpha value is -1.66. The van der Waals surface area contributed by atoms with Crippen molar-refractivity contribution in [3.05, 3.63) is 33.3 Å². The molecule has 1 amide bonds. The Morgan fingerprint density at radius 1 is 1.41 bits per heavy atom. The second-order valence-electron chi connectivity index (χ2n) is 5.52. The van der Waals surface area contributed by atoms with Gasteiger partial charge in [0.2, 0.25) is 5.91 Å². The van der Waals surface area contributed by atoms with Crippen molar-refractivity contribution in [2.75, 3.05) is 18.4 Å². The topological polar surface area (TPSA) is 75.5 Å². The molecule has 6 nitrogen and oxygen atoms in total. The zero-order valence-electron chi connectivity index (χ0n) is 13.3. The maximum Gasteiger partial charge on any atom is 0.289 e. The number of nitro groups is 1. The van der Waals surface area contributed by atoms with Gasteiger partial charge in [-0.15, -0.1) is 0 Å². The smallest absolute Gasteiger partial charge is 0.289 e. The fourth-order valence-electron chi connectivity index (χ4n) is 2.08. The summed E-state index contributed by atoms with van der Waals surface area (Å²) in [6.45, 7) is 9.29. The van der Waals surface area contributed by atoms with Crippen LogP contribution in [0.1, 0.15) is 27.7 Å². The van der Waals surface area contributed by atoms with Gasteiger partial charge in [-0.25, -0.2) is 0 Å². The van der Waals surface area contributed by atoms with Crippen LogP contribution in [0.4, 0.5) is 11.4 Å². The molecule has 1 rings (SSSR count). The van der Waals surface area contributed by atoms with Crippen LogP contribution >= 0.6 is 11.6 Å². The normalized spacial score (nSPS) is 12.5. The number of carbonyl (C=O) groups is 1. The summed E-state index contributed by atoms with van der Waals surface area (Å²) in [4.78, 5) is 24.5. The van der Waals surface area contributed by atoms with Crippen LogP contribution in [-0.4, -0.2) is 34.9 Å². The Bertz CT molecular complexity index is 549. The fraction of sp³-hybridized carbons (Fsp3) is 0.533. The number of nitrogens with one attached hydrogen (secondary N) is 1. The Balaban J connectivity index is 2.76. The molecule has 122 valence electrons. The molecule has 1 atom stereocenters. The summed E-state index contributed by atoms with van der Waals surface area (Å²) < 4.78 is 0. The van der Waals surface area contributed by atoms with Crippen molar-refractivity contribution in [3.63, 3.8) is 0 Å². The molecule has 0 aliphatic carbocycles. The van der Waals surface area contributed by atoms with Gasteiger partial charge in [-0.2, -0.15) is 0 Å². The van der Waals surface area contributed by atoms with Crippen LogP contribution in [0.3, 0.4) is 0 Å². The van der Waals surface area contributed by atoms with Crippen LogP contribution in [0, 0.1) is 16.0 Å². The van der Waals surface area contributed by atoms with E-state index >= 15 is 0 Å². The summed E-state index contributed by atoms with van der Waals surface area (Å²) in [6, 6.07) is 4.50. The number of rotatable bonds is 7.